The van der Waals surface area contributed by atoms with Crippen LogP contribution in [0.2, 0.25) is 0 Å². The number of benzene rings is 1. The summed E-state index contributed by atoms with van der Waals surface area (Å²) >= 11 is 0. The maximum atomic E-state index is 11.4. The van der Waals surface area contributed by atoms with Crippen LogP contribution in [0.1, 0.15) is 12.0 Å². The average molecular weight is 223 g/mol. The lowest BCUT2D eigenvalue weighted by molar-refractivity contribution is -0.145. The lowest BCUT2D eigenvalue weighted by Crippen LogP contribution is -2.32. The molecule has 0 saturated carbocycles. The van der Waals surface area contributed by atoms with Crippen LogP contribution < -0.4 is 5.32 Å². The first kappa shape index (κ1) is 12.7. The SMILES string of the molecule is CNC(CO)CC(=O)OCc1ccccc1. The van der Waals surface area contributed by atoms with E-state index in [4.69, 9.17) is 9.84 Å². The van der Waals surface area contributed by atoms with Crippen LogP contribution in [0.4, 0.5) is 0 Å². The van der Waals surface area contributed by atoms with Crippen molar-refractivity contribution in [3.8, 4) is 0 Å². The van der Waals surface area contributed by atoms with Gasteiger partial charge in [-0.05, 0) is 12.6 Å². The van der Waals surface area contributed by atoms with E-state index in [1.807, 2.05) is 30.3 Å². The highest BCUT2D eigenvalue weighted by Gasteiger charge is 2.11. The molecule has 2 N–H and O–H groups in total. The second-order valence-electron chi connectivity index (χ2n) is 3.52. The van der Waals surface area contributed by atoms with E-state index < -0.39 is 0 Å². The molecule has 0 aliphatic carbocycles. The van der Waals surface area contributed by atoms with Crippen molar-refractivity contribution in [2.75, 3.05) is 13.7 Å². The Bertz CT molecular complexity index is 309. The molecule has 1 unspecified atom stereocenters. The molecule has 1 rings (SSSR count). The van der Waals surface area contributed by atoms with Crippen molar-refractivity contribution in [2.45, 2.75) is 19.1 Å². The van der Waals surface area contributed by atoms with E-state index in [0.717, 1.165) is 5.56 Å². The fourth-order valence-electron chi connectivity index (χ4n) is 1.26. The third-order valence-corrected chi connectivity index (χ3v) is 2.28. The molecule has 0 fully saturated rings. The molecule has 0 aliphatic rings. The van der Waals surface area contributed by atoms with E-state index in [2.05, 4.69) is 5.32 Å². The summed E-state index contributed by atoms with van der Waals surface area (Å²) in [4.78, 5) is 11.4. The van der Waals surface area contributed by atoms with Gasteiger partial charge in [0.25, 0.3) is 0 Å². The predicted molar refractivity (Wildman–Crippen MR) is 60.8 cm³/mol. The Morgan fingerprint density at radius 2 is 2.12 bits per heavy atom. The van der Waals surface area contributed by atoms with E-state index in [9.17, 15) is 4.79 Å². The molecule has 4 nitrogen and oxygen atoms in total. The van der Waals surface area contributed by atoms with Gasteiger partial charge in [0.05, 0.1) is 13.0 Å². The summed E-state index contributed by atoms with van der Waals surface area (Å²) in [5.41, 5.74) is 0.959. The van der Waals surface area contributed by atoms with Crippen LogP contribution in [-0.4, -0.2) is 30.8 Å². The van der Waals surface area contributed by atoms with Gasteiger partial charge in [-0.3, -0.25) is 4.79 Å². The zero-order valence-electron chi connectivity index (χ0n) is 9.35. The molecule has 88 valence electrons. The predicted octanol–water partition coefficient (Wildman–Crippen LogP) is 0.700. The third kappa shape index (κ3) is 4.42. The summed E-state index contributed by atoms with van der Waals surface area (Å²) in [7, 11) is 1.70. The number of carbonyl (C=O) groups excluding carboxylic acids is 1. The van der Waals surface area contributed by atoms with Gasteiger partial charge in [-0.25, -0.2) is 0 Å². The molecule has 1 atom stereocenters. The number of aliphatic hydroxyl groups excluding tert-OH is 1. The Hall–Kier alpha value is -1.39. The normalized spacial score (nSPS) is 12.1. The molecule has 0 bridgehead atoms. The zero-order chi connectivity index (χ0) is 11.8. The van der Waals surface area contributed by atoms with Gasteiger partial charge in [0.2, 0.25) is 0 Å². The molecule has 0 aliphatic heterocycles. The Labute approximate surface area is 95.2 Å². The molecule has 0 spiro atoms. The quantitative estimate of drug-likeness (QED) is 0.697. The van der Waals surface area contributed by atoms with E-state index in [1.165, 1.54) is 0 Å². The summed E-state index contributed by atoms with van der Waals surface area (Å²) in [5, 5.41) is 11.7. The van der Waals surface area contributed by atoms with Gasteiger partial charge in [0.1, 0.15) is 6.61 Å². The van der Waals surface area contributed by atoms with Gasteiger partial charge in [-0.1, -0.05) is 30.3 Å². The molecular weight excluding hydrogens is 206 g/mol. The van der Waals surface area contributed by atoms with Crippen LogP contribution in [0.3, 0.4) is 0 Å². The fraction of sp³-hybridized carbons (Fsp3) is 0.417. The minimum Gasteiger partial charge on any atom is -0.461 e. The van der Waals surface area contributed by atoms with Crippen molar-refractivity contribution in [1.29, 1.82) is 0 Å². The lowest BCUT2D eigenvalue weighted by atomic mass is 10.2. The monoisotopic (exact) mass is 223 g/mol. The van der Waals surface area contributed by atoms with E-state index in [1.54, 1.807) is 7.05 Å². The van der Waals surface area contributed by atoms with Crippen LogP contribution in [0, 0.1) is 0 Å². The number of hydrogen-bond acceptors (Lipinski definition) is 4. The number of hydrogen-bond donors (Lipinski definition) is 2. The summed E-state index contributed by atoms with van der Waals surface area (Å²) in [6.07, 6.45) is 0.180. The number of nitrogens with one attached hydrogen (secondary N) is 1. The standard InChI is InChI=1S/C12H17NO3/c1-13-11(8-14)7-12(15)16-9-10-5-3-2-4-6-10/h2-6,11,13-14H,7-9H2,1H3. The molecule has 0 aromatic heterocycles. The van der Waals surface area contributed by atoms with Gasteiger partial charge in [0.15, 0.2) is 0 Å². The molecule has 16 heavy (non-hydrogen) atoms. The number of aliphatic hydroxyl groups is 1. The first-order chi connectivity index (χ1) is 7.76. The maximum Gasteiger partial charge on any atom is 0.307 e. The minimum absolute atomic E-state index is 0.0725. The van der Waals surface area contributed by atoms with E-state index in [0.29, 0.717) is 0 Å². The highest BCUT2D eigenvalue weighted by Crippen LogP contribution is 2.02. The van der Waals surface area contributed by atoms with Crippen LogP contribution in [0.25, 0.3) is 0 Å². The van der Waals surface area contributed by atoms with Crippen LogP contribution in [-0.2, 0) is 16.1 Å². The van der Waals surface area contributed by atoms with Crippen LogP contribution in [0.5, 0.6) is 0 Å². The van der Waals surface area contributed by atoms with Gasteiger partial charge < -0.3 is 15.2 Å². The highest BCUT2D eigenvalue weighted by atomic mass is 16.5. The largest absolute Gasteiger partial charge is 0.461 e. The topological polar surface area (TPSA) is 58.6 Å². The molecular formula is C12H17NO3. The molecule has 0 saturated heterocycles. The van der Waals surface area contributed by atoms with Crippen molar-refractivity contribution >= 4 is 5.97 Å². The van der Waals surface area contributed by atoms with Gasteiger partial charge in [-0.15, -0.1) is 0 Å². The number of carbonyl (C=O) groups is 1. The number of rotatable bonds is 6. The lowest BCUT2D eigenvalue weighted by Gasteiger charge is -2.12. The number of ether oxygens (including phenoxy) is 1. The third-order valence-electron chi connectivity index (χ3n) is 2.28. The molecule has 1 aromatic rings. The van der Waals surface area contributed by atoms with Crippen molar-refractivity contribution in [3.63, 3.8) is 0 Å². The minimum atomic E-state index is -0.308. The van der Waals surface area contributed by atoms with Crippen molar-refractivity contribution in [1.82, 2.24) is 5.32 Å². The smallest absolute Gasteiger partial charge is 0.307 e. The van der Waals surface area contributed by atoms with Crippen molar-refractivity contribution < 1.29 is 14.6 Å². The van der Waals surface area contributed by atoms with E-state index >= 15 is 0 Å². The Morgan fingerprint density at radius 3 is 2.69 bits per heavy atom. The highest BCUT2D eigenvalue weighted by molar-refractivity contribution is 5.70. The number of esters is 1. The Morgan fingerprint density at radius 1 is 1.44 bits per heavy atom. The molecule has 0 heterocycles. The van der Waals surface area contributed by atoms with Crippen LogP contribution >= 0.6 is 0 Å². The Balaban J connectivity index is 2.30. The maximum absolute atomic E-state index is 11.4. The van der Waals surface area contributed by atoms with Gasteiger partial charge >= 0.3 is 5.97 Å². The molecule has 1 aromatic carbocycles. The summed E-state index contributed by atoms with van der Waals surface area (Å²) < 4.78 is 5.07. The summed E-state index contributed by atoms with van der Waals surface area (Å²) in [5.74, 6) is -0.308. The van der Waals surface area contributed by atoms with E-state index in [-0.39, 0.29) is 31.6 Å². The first-order valence-electron chi connectivity index (χ1n) is 5.24. The van der Waals surface area contributed by atoms with Gasteiger partial charge in [-0.2, -0.15) is 0 Å². The second-order valence-corrected chi connectivity index (χ2v) is 3.52. The first-order valence-corrected chi connectivity index (χ1v) is 5.24. The number of likely N-dealkylation sites (N-methyl/N-ethyl adjacent to an activating group) is 1. The van der Waals surface area contributed by atoms with Gasteiger partial charge in [0, 0.05) is 6.04 Å². The Kier molecular flexibility index (Phi) is 5.53. The van der Waals surface area contributed by atoms with Crippen molar-refractivity contribution in [2.24, 2.45) is 0 Å². The van der Waals surface area contributed by atoms with Crippen molar-refractivity contribution in [3.05, 3.63) is 35.9 Å². The molecule has 0 amide bonds. The average Bonchev–Trinajstić information content (AvgIpc) is 2.34. The fourth-order valence-corrected chi connectivity index (χ4v) is 1.26. The zero-order valence-corrected chi connectivity index (χ0v) is 9.35. The second kappa shape index (κ2) is 6.98. The molecule has 4 heteroatoms. The molecule has 0 radical (unpaired) electrons. The van der Waals surface area contributed by atoms with Crippen LogP contribution in [0.15, 0.2) is 30.3 Å². The summed E-state index contributed by atoms with van der Waals surface area (Å²) in [6.45, 7) is 0.207. The summed E-state index contributed by atoms with van der Waals surface area (Å²) in [6, 6.07) is 9.27.